The molecule has 1 aromatic rings. The van der Waals surface area contributed by atoms with Gasteiger partial charge in [-0.1, -0.05) is 31.9 Å². The molecule has 1 aliphatic carbocycles. The summed E-state index contributed by atoms with van der Waals surface area (Å²) in [6.45, 7) is 3.83. The van der Waals surface area contributed by atoms with Crippen molar-refractivity contribution in [3.63, 3.8) is 0 Å². The van der Waals surface area contributed by atoms with Crippen molar-refractivity contribution in [3.05, 3.63) is 35.6 Å². The van der Waals surface area contributed by atoms with E-state index in [4.69, 9.17) is 5.73 Å². The smallest absolute Gasteiger partial charge is 0.123 e. The standard InChI is InChI=1S/C17H27FN2/c1-3-13-7-8-15(11-19)17(10-13)20(2)12-14-5-4-6-16(18)9-14/h4-6,9,13,15,17H,3,7-8,10-12,19H2,1-2H3. The lowest BCUT2D eigenvalue weighted by Crippen LogP contribution is -2.44. The lowest BCUT2D eigenvalue weighted by atomic mass is 9.76. The third-order valence-corrected chi connectivity index (χ3v) is 4.83. The minimum absolute atomic E-state index is 0.152. The van der Waals surface area contributed by atoms with Gasteiger partial charge in [0.2, 0.25) is 0 Å². The third-order valence-electron chi connectivity index (χ3n) is 4.83. The van der Waals surface area contributed by atoms with E-state index in [0.717, 1.165) is 24.6 Å². The van der Waals surface area contributed by atoms with Gasteiger partial charge in [0.1, 0.15) is 5.82 Å². The molecule has 0 amide bonds. The second-order valence-corrected chi connectivity index (χ2v) is 6.20. The van der Waals surface area contributed by atoms with Gasteiger partial charge in [-0.15, -0.1) is 0 Å². The van der Waals surface area contributed by atoms with E-state index in [9.17, 15) is 4.39 Å². The Bertz CT molecular complexity index is 421. The number of hydrogen-bond donors (Lipinski definition) is 1. The number of nitrogens with zero attached hydrogens (tertiary/aromatic N) is 1. The predicted octanol–water partition coefficient (Wildman–Crippen LogP) is 3.41. The zero-order valence-electron chi connectivity index (χ0n) is 12.7. The molecule has 1 fully saturated rings. The van der Waals surface area contributed by atoms with E-state index in [1.165, 1.54) is 31.7 Å². The molecule has 3 unspecified atom stereocenters. The molecule has 0 bridgehead atoms. The summed E-state index contributed by atoms with van der Waals surface area (Å²) in [5, 5.41) is 0. The van der Waals surface area contributed by atoms with Gasteiger partial charge in [-0.3, -0.25) is 4.90 Å². The molecule has 20 heavy (non-hydrogen) atoms. The minimum atomic E-state index is -0.152. The lowest BCUT2D eigenvalue weighted by molar-refractivity contribution is 0.0964. The topological polar surface area (TPSA) is 29.3 Å². The number of benzene rings is 1. The molecule has 0 heterocycles. The van der Waals surface area contributed by atoms with Crippen LogP contribution in [0, 0.1) is 17.7 Å². The van der Waals surface area contributed by atoms with Crippen LogP contribution in [0.2, 0.25) is 0 Å². The zero-order chi connectivity index (χ0) is 14.5. The first-order chi connectivity index (χ1) is 9.63. The lowest BCUT2D eigenvalue weighted by Gasteiger charge is -2.41. The second-order valence-electron chi connectivity index (χ2n) is 6.20. The molecule has 3 atom stereocenters. The first-order valence-electron chi connectivity index (χ1n) is 7.78. The Morgan fingerprint density at radius 1 is 1.35 bits per heavy atom. The van der Waals surface area contributed by atoms with Crippen LogP contribution in [0.5, 0.6) is 0 Å². The SMILES string of the molecule is CCC1CCC(CN)C(N(C)Cc2cccc(F)c2)C1. The van der Waals surface area contributed by atoms with Crippen LogP contribution in [-0.2, 0) is 6.54 Å². The molecule has 2 rings (SSSR count). The molecular formula is C17H27FN2. The second kappa shape index (κ2) is 7.19. The Morgan fingerprint density at radius 3 is 2.80 bits per heavy atom. The monoisotopic (exact) mass is 278 g/mol. The highest BCUT2D eigenvalue weighted by Crippen LogP contribution is 2.33. The highest BCUT2D eigenvalue weighted by molar-refractivity contribution is 5.16. The molecule has 0 spiro atoms. The van der Waals surface area contributed by atoms with E-state index >= 15 is 0 Å². The average Bonchev–Trinajstić information content (AvgIpc) is 2.46. The van der Waals surface area contributed by atoms with E-state index in [1.54, 1.807) is 12.1 Å². The van der Waals surface area contributed by atoms with Gasteiger partial charge in [0.25, 0.3) is 0 Å². The fourth-order valence-electron chi connectivity index (χ4n) is 3.52. The first kappa shape index (κ1) is 15.5. The minimum Gasteiger partial charge on any atom is -0.330 e. The highest BCUT2D eigenvalue weighted by Gasteiger charge is 2.31. The van der Waals surface area contributed by atoms with Gasteiger partial charge in [0.15, 0.2) is 0 Å². The summed E-state index contributed by atoms with van der Waals surface area (Å²) in [5.41, 5.74) is 6.99. The van der Waals surface area contributed by atoms with Crippen molar-refractivity contribution in [2.45, 2.75) is 45.2 Å². The van der Waals surface area contributed by atoms with Crippen LogP contribution in [0.3, 0.4) is 0 Å². The van der Waals surface area contributed by atoms with Gasteiger partial charge >= 0.3 is 0 Å². The van der Waals surface area contributed by atoms with E-state index in [1.807, 2.05) is 6.07 Å². The van der Waals surface area contributed by atoms with Crippen LogP contribution in [-0.4, -0.2) is 24.5 Å². The van der Waals surface area contributed by atoms with Gasteiger partial charge in [-0.2, -0.15) is 0 Å². The largest absolute Gasteiger partial charge is 0.330 e. The summed E-state index contributed by atoms with van der Waals surface area (Å²) in [6, 6.07) is 7.45. The highest BCUT2D eigenvalue weighted by atomic mass is 19.1. The van der Waals surface area contributed by atoms with Crippen LogP contribution in [0.1, 0.15) is 38.2 Å². The summed E-state index contributed by atoms with van der Waals surface area (Å²) in [6.07, 6.45) is 5.02. The van der Waals surface area contributed by atoms with E-state index < -0.39 is 0 Å². The van der Waals surface area contributed by atoms with Crippen molar-refractivity contribution in [2.24, 2.45) is 17.6 Å². The molecule has 1 saturated carbocycles. The summed E-state index contributed by atoms with van der Waals surface area (Å²) in [4.78, 5) is 2.37. The molecular weight excluding hydrogens is 251 g/mol. The van der Waals surface area contributed by atoms with Crippen molar-refractivity contribution in [1.29, 1.82) is 0 Å². The average molecular weight is 278 g/mol. The van der Waals surface area contributed by atoms with Gasteiger partial charge in [0.05, 0.1) is 0 Å². The van der Waals surface area contributed by atoms with Gasteiger partial charge in [-0.25, -0.2) is 4.39 Å². The molecule has 0 aliphatic heterocycles. The quantitative estimate of drug-likeness (QED) is 0.894. The van der Waals surface area contributed by atoms with Crippen molar-refractivity contribution < 1.29 is 4.39 Å². The fraction of sp³-hybridized carbons (Fsp3) is 0.647. The Kier molecular flexibility index (Phi) is 5.55. The molecule has 112 valence electrons. The maximum Gasteiger partial charge on any atom is 0.123 e. The molecule has 1 aromatic carbocycles. The van der Waals surface area contributed by atoms with Crippen LogP contribution >= 0.6 is 0 Å². The molecule has 0 saturated heterocycles. The van der Waals surface area contributed by atoms with E-state index in [0.29, 0.717) is 12.0 Å². The van der Waals surface area contributed by atoms with Crippen LogP contribution < -0.4 is 5.73 Å². The van der Waals surface area contributed by atoms with E-state index in [-0.39, 0.29) is 5.82 Å². The van der Waals surface area contributed by atoms with Crippen LogP contribution in [0.4, 0.5) is 4.39 Å². The molecule has 3 heteroatoms. The molecule has 2 nitrogen and oxygen atoms in total. The van der Waals surface area contributed by atoms with E-state index in [2.05, 4.69) is 18.9 Å². The number of nitrogens with two attached hydrogens (primary N) is 1. The Balaban J connectivity index is 2.03. The molecule has 0 radical (unpaired) electrons. The van der Waals surface area contributed by atoms with Crippen molar-refractivity contribution in [2.75, 3.05) is 13.6 Å². The Morgan fingerprint density at radius 2 is 2.15 bits per heavy atom. The fourth-order valence-corrected chi connectivity index (χ4v) is 3.52. The maximum absolute atomic E-state index is 13.3. The van der Waals surface area contributed by atoms with Crippen molar-refractivity contribution in [3.8, 4) is 0 Å². The molecule has 0 aromatic heterocycles. The third kappa shape index (κ3) is 3.80. The molecule has 1 aliphatic rings. The summed E-state index contributed by atoms with van der Waals surface area (Å²) < 4.78 is 13.3. The van der Waals surface area contributed by atoms with Crippen LogP contribution in [0.15, 0.2) is 24.3 Å². The van der Waals surface area contributed by atoms with Crippen molar-refractivity contribution in [1.82, 2.24) is 4.90 Å². The summed E-state index contributed by atoms with van der Waals surface area (Å²) >= 11 is 0. The normalized spacial score (nSPS) is 26.9. The van der Waals surface area contributed by atoms with Crippen molar-refractivity contribution >= 4 is 0 Å². The Hall–Kier alpha value is -0.930. The summed E-state index contributed by atoms with van der Waals surface area (Å²) in [5.74, 6) is 1.25. The predicted molar refractivity (Wildman–Crippen MR) is 81.8 cm³/mol. The Labute approximate surface area is 122 Å². The maximum atomic E-state index is 13.3. The number of halogens is 1. The number of rotatable bonds is 5. The van der Waals surface area contributed by atoms with Gasteiger partial charge in [-0.05, 0) is 56.0 Å². The summed E-state index contributed by atoms with van der Waals surface area (Å²) in [7, 11) is 2.15. The van der Waals surface area contributed by atoms with Crippen LogP contribution in [0.25, 0.3) is 0 Å². The van der Waals surface area contributed by atoms with Gasteiger partial charge < -0.3 is 5.73 Å². The van der Waals surface area contributed by atoms with Gasteiger partial charge in [0, 0.05) is 12.6 Å². The number of hydrogen-bond acceptors (Lipinski definition) is 2. The molecule has 2 N–H and O–H groups in total. The first-order valence-corrected chi connectivity index (χ1v) is 7.78. The zero-order valence-corrected chi connectivity index (χ0v) is 12.7.